The van der Waals surface area contributed by atoms with Gasteiger partial charge in [-0.15, -0.1) is 0 Å². The van der Waals surface area contributed by atoms with Crippen molar-refractivity contribution < 1.29 is 12.8 Å². The summed E-state index contributed by atoms with van der Waals surface area (Å²) < 4.78 is 38.5. The van der Waals surface area contributed by atoms with Crippen LogP contribution in [0.25, 0.3) is 0 Å². The second-order valence-electron chi connectivity index (χ2n) is 4.06. The van der Waals surface area contributed by atoms with Crippen LogP contribution in [0.2, 0.25) is 0 Å². The summed E-state index contributed by atoms with van der Waals surface area (Å²) in [6.07, 6.45) is 0. The largest absolute Gasteiger partial charge is 0.386 e. The summed E-state index contributed by atoms with van der Waals surface area (Å²) in [4.78, 5) is 0.0134. The van der Waals surface area contributed by atoms with Crippen molar-refractivity contribution in [3.05, 3.63) is 29.6 Å². The van der Waals surface area contributed by atoms with Gasteiger partial charge in [-0.1, -0.05) is 0 Å². The highest BCUT2D eigenvalue weighted by Crippen LogP contribution is 2.21. The van der Waals surface area contributed by atoms with Gasteiger partial charge in [-0.05, 0) is 37.6 Å². The molecule has 0 aliphatic heterocycles. The van der Waals surface area contributed by atoms with E-state index < -0.39 is 21.9 Å². The summed E-state index contributed by atoms with van der Waals surface area (Å²) in [5, 5.41) is 7.27. The SMILES string of the molecule is Cc1cc(F)ccc1S(=O)(=O)N(C)C(C)C(=N)N. The van der Waals surface area contributed by atoms with Gasteiger partial charge in [0.1, 0.15) is 11.7 Å². The van der Waals surface area contributed by atoms with Gasteiger partial charge in [0, 0.05) is 7.05 Å². The van der Waals surface area contributed by atoms with Crippen molar-refractivity contribution in [3.8, 4) is 0 Å². The Morgan fingerprint density at radius 3 is 2.50 bits per heavy atom. The van der Waals surface area contributed by atoms with Gasteiger partial charge in [0.05, 0.1) is 10.9 Å². The molecule has 1 aromatic carbocycles. The summed E-state index contributed by atoms with van der Waals surface area (Å²) >= 11 is 0. The van der Waals surface area contributed by atoms with E-state index >= 15 is 0 Å². The number of amidine groups is 1. The van der Waals surface area contributed by atoms with Crippen LogP contribution in [0.3, 0.4) is 0 Å². The third-order valence-electron chi connectivity index (χ3n) is 2.79. The van der Waals surface area contributed by atoms with E-state index in [0.29, 0.717) is 5.56 Å². The molecule has 0 heterocycles. The summed E-state index contributed by atoms with van der Waals surface area (Å²) in [5.41, 5.74) is 5.61. The number of nitrogens with zero attached hydrogens (tertiary/aromatic N) is 1. The standard InChI is InChI=1S/C11H16FN3O2S/c1-7-6-9(12)4-5-10(7)18(16,17)15(3)8(2)11(13)14/h4-6,8H,1-3H3,(H3,13,14). The maximum atomic E-state index is 13.0. The number of benzene rings is 1. The first-order valence-electron chi connectivity index (χ1n) is 5.26. The van der Waals surface area contributed by atoms with Crippen molar-refractivity contribution in [2.75, 3.05) is 7.05 Å². The number of halogens is 1. The highest BCUT2D eigenvalue weighted by Gasteiger charge is 2.28. The van der Waals surface area contributed by atoms with E-state index in [-0.39, 0.29) is 10.7 Å². The summed E-state index contributed by atoms with van der Waals surface area (Å²) in [5.74, 6) is -0.741. The molecule has 1 aromatic rings. The summed E-state index contributed by atoms with van der Waals surface area (Å²) in [6.45, 7) is 3.03. The molecule has 1 atom stereocenters. The lowest BCUT2D eigenvalue weighted by atomic mass is 10.2. The van der Waals surface area contributed by atoms with Crippen LogP contribution in [-0.2, 0) is 10.0 Å². The molecule has 7 heteroatoms. The molecule has 5 nitrogen and oxygen atoms in total. The van der Waals surface area contributed by atoms with E-state index in [1.54, 1.807) is 0 Å². The van der Waals surface area contributed by atoms with Crippen molar-refractivity contribution in [2.45, 2.75) is 24.8 Å². The number of hydrogen-bond donors (Lipinski definition) is 2. The lowest BCUT2D eigenvalue weighted by Crippen LogP contribution is -2.43. The van der Waals surface area contributed by atoms with Gasteiger partial charge >= 0.3 is 0 Å². The number of sulfonamides is 1. The van der Waals surface area contributed by atoms with Crippen LogP contribution >= 0.6 is 0 Å². The lowest BCUT2D eigenvalue weighted by Gasteiger charge is -2.24. The molecule has 0 aliphatic rings. The van der Waals surface area contributed by atoms with Crippen LogP contribution in [0.5, 0.6) is 0 Å². The van der Waals surface area contributed by atoms with Crippen LogP contribution in [0, 0.1) is 18.2 Å². The normalized spacial score (nSPS) is 13.6. The van der Waals surface area contributed by atoms with Crippen LogP contribution in [0.1, 0.15) is 12.5 Å². The van der Waals surface area contributed by atoms with E-state index in [1.165, 1.54) is 27.0 Å². The highest BCUT2D eigenvalue weighted by molar-refractivity contribution is 7.89. The number of rotatable bonds is 4. The van der Waals surface area contributed by atoms with Crippen LogP contribution < -0.4 is 5.73 Å². The van der Waals surface area contributed by atoms with Gasteiger partial charge in [-0.3, -0.25) is 5.41 Å². The minimum absolute atomic E-state index is 0.0134. The number of aryl methyl sites for hydroxylation is 1. The second kappa shape index (κ2) is 5.03. The minimum atomic E-state index is -3.78. The van der Waals surface area contributed by atoms with Gasteiger partial charge in [-0.2, -0.15) is 4.31 Å². The van der Waals surface area contributed by atoms with Crippen LogP contribution in [-0.4, -0.2) is 31.6 Å². The predicted molar refractivity (Wildman–Crippen MR) is 67.5 cm³/mol. The Bertz CT molecular complexity index is 572. The first kappa shape index (κ1) is 14.6. The molecule has 0 amide bonds. The molecule has 0 radical (unpaired) electrons. The molecule has 18 heavy (non-hydrogen) atoms. The maximum absolute atomic E-state index is 13.0. The van der Waals surface area contributed by atoms with E-state index in [0.717, 1.165) is 16.4 Å². The Hall–Kier alpha value is -1.47. The Morgan fingerprint density at radius 2 is 2.06 bits per heavy atom. The Balaban J connectivity index is 3.25. The molecule has 1 unspecified atom stereocenters. The smallest absolute Gasteiger partial charge is 0.243 e. The van der Waals surface area contributed by atoms with Crippen molar-refractivity contribution in [2.24, 2.45) is 5.73 Å². The fourth-order valence-corrected chi connectivity index (χ4v) is 3.01. The molecule has 0 fully saturated rings. The molecule has 1 rings (SSSR count). The maximum Gasteiger partial charge on any atom is 0.243 e. The first-order valence-corrected chi connectivity index (χ1v) is 6.70. The molecule has 100 valence electrons. The van der Waals surface area contributed by atoms with Gasteiger partial charge < -0.3 is 5.73 Å². The average Bonchev–Trinajstić information content (AvgIpc) is 2.26. The van der Waals surface area contributed by atoms with Gasteiger partial charge in [0.25, 0.3) is 0 Å². The van der Waals surface area contributed by atoms with Crippen molar-refractivity contribution in [1.82, 2.24) is 4.31 Å². The van der Waals surface area contributed by atoms with E-state index in [2.05, 4.69) is 0 Å². The highest BCUT2D eigenvalue weighted by atomic mass is 32.2. The molecule has 0 spiro atoms. The zero-order valence-electron chi connectivity index (χ0n) is 10.4. The average molecular weight is 273 g/mol. The van der Waals surface area contributed by atoms with Crippen molar-refractivity contribution in [1.29, 1.82) is 5.41 Å². The fraction of sp³-hybridized carbons (Fsp3) is 0.364. The number of nitrogens with one attached hydrogen (secondary N) is 1. The van der Waals surface area contributed by atoms with E-state index in [1.807, 2.05) is 0 Å². The molecule has 0 saturated carbocycles. The molecule has 0 aromatic heterocycles. The zero-order chi connectivity index (χ0) is 14.1. The summed E-state index contributed by atoms with van der Waals surface area (Å²) in [6, 6.07) is 2.70. The quantitative estimate of drug-likeness (QED) is 0.635. The second-order valence-corrected chi connectivity index (χ2v) is 6.03. The molecular weight excluding hydrogens is 257 g/mol. The third-order valence-corrected chi connectivity index (χ3v) is 4.88. The van der Waals surface area contributed by atoms with Crippen LogP contribution in [0.15, 0.2) is 23.1 Å². The van der Waals surface area contributed by atoms with Gasteiger partial charge in [-0.25, -0.2) is 12.8 Å². The van der Waals surface area contributed by atoms with E-state index in [4.69, 9.17) is 11.1 Å². The van der Waals surface area contributed by atoms with Crippen molar-refractivity contribution >= 4 is 15.9 Å². The number of hydrogen-bond acceptors (Lipinski definition) is 3. The van der Waals surface area contributed by atoms with Crippen molar-refractivity contribution in [3.63, 3.8) is 0 Å². The Kier molecular flexibility index (Phi) is 4.08. The molecular formula is C11H16FN3O2S. The Morgan fingerprint density at radius 1 is 1.50 bits per heavy atom. The molecule has 0 aliphatic carbocycles. The molecule has 0 saturated heterocycles. The topological polar surface area (TPSA) is 87.2 Å². The first-order chi connectivity index (χ1) is 8.17. The number of likely N-dealkylation sites (N-methyl/N-ethyl adjacent to an activating group) is 1. The minimum Gasteiger partial charge on any atom is -0.386 e. The molecule has 0 bridgehead atoms. The predicted octanol–water partition coefficient (Wildman–Crippen LogP) is 1.08. The van der Waals surface area contributed by atoms with E-state index in [9.17, 15) is 12.8 Å². The van der Waals surface area contributed by atoms with Gasteiger partial charge in [0.2, 0.25) is 10.0 Å². The van der Waals surface area contributed by atoms with Crippen LogP contribution in [0.4, 0.5) is 4.39 Å². The Labute approximate surface area is 106 Å². The lowest BCUT2D eigenvalue weighted by molar-refractivity contribution is 0.447. The summed E-state index contributed by atoms with van der Waals surface area (Å²) in [7, 11) is -2.45. The monoisotopic (exact) mass is 273 g/mol. The van der Waals surface area contributed by atoms with Gasteiger partial charge in [0.15, 0.2) is 0 Å². The zero-order valence-corrected chi connectivity index (χ0v) is 11.3. The molecule has 3 N–H and O–H groups in total. The third kappa shape index (κ3) is 2.68. The number of nitrogens with two attached hydrogens (primary N) is 1. The fourth-order valence-electron chi connectivity index (χ4n) is 1.46.